The van der Waals surface area contributed by atoms with Gasteiger partial charge < -0.3 is 14.4 Å². The second kappa shape index (κ2) is 13.0. The number of aryl methyl sites for hydroxylation is 1. The van der Waals surface area contributed by atoms with E-state index in [9.17, 15) is 0 Å². The van der Waals surface area contributed by atoms with Gasteiger partial charge in [0.15, 0.2) is 0 Å². The molecule has 0 aliphatic carbocycles. The second-order valence-corrected chi connectivity index (χ2v) is 14.5. The number of aromatic nitrogens is 3. The maximum Gasteiger partial charge on any atom is 0.148 e. The van der Waals surface area contributed by atoms with Crippen molar-refractivity contribution in [3.63, 3.8) is 0 Å². The summed E-state index contributed by atoms with van der Waals surface area (Å²) >= 11 is 1.75. The Balaban J connectivity index is 0.000000258. The Labute approximate surface area is 283 Å². The summed E-state index contributed by atoms with van der Waals surface area (Å²) in [6, 6.07) is 30.8. The van der Waals surface area contributed by atoms with Gasteiger partial charge in [0.25, 0.3) is 0 Å². The number of nitrogens with zero attached hydrogens (tertiary/aromatic N) is 3. The van der Waals surface area contributed by atoms with Crippen LogP contribution in [0.15, 0.2) is 89.6 Å². The van der Waals surface area contributed by atoms with E-state index in [4.69, 9.17) is 14.4 Å². The Hall–Kier alpha value is -3.70. The van der Waals surface area contributed by atoms with Gasteiger partial charge in [0.2, 0.25) is 0 Å². The molecule has 0 saturated heterocycles. The van der Waals surface area contributed by atoms with E-state index in [2.05, 4.69) is 89.8 Å². The first-order valence-electron chi connectivity index (χ1n) is 15.0. The van der Waals surface area contributed by atoms with E-state index < -0.39 is 0 Å². The smallest absolute Gasteiger partial charge is 0.148 e. The van der Waals surface area contributed by atoms with Gasteiger partial charge in [-0.25, -0.2) is 4.98 Å². The van der Waals surface area contributed by atoms with Crippen molar-refractivity contribution in [2.75, 3.05) is 0 Å². The van der Waals surface area contributed by atoms with Crippen LogP contribution in [0.5, 0.6) is 0 Å². The number of fused-ring (bicyclic) bond motifs is 5. The molecule has 0 unspecified atom stereocenters. The third kappa shape index (κ3) is 7.09. The number of hydrogen-bond acceptors (Lipinski definition) is 5. The molecule has 0 fully saturated rings. The van der Waals surface area contributed by atoms with Gasteiger partial charge in [-0.1, -0.05) is 82.3 Å². The predicted octanol–water partition coefficient (Wildman–Crippen LogP) is 10.8. The number of rotatable bonds is 3. The molecule has 0 bridgehead atoms. The fourth-order valence-electron chi connectivity index (χ4n) is 5.24. The standard InChI is InChI=1S/C28H29N2OS.C11H8N.Ir/c1-16-15-29-21(13-17(16)14-27(2,3)4)20-10-8-9-18-19-11-12-22-23(25(19)31-24(18)20)30-26(32-22)28(5,6)7;1-2-6-10(7-3-1)11-8-4-5-9-12-11;/h8-9,11-13,15H,14H2,1-7H3;1-6,8-9H;/q2*-1;. The minimum absolute atomic E-state index is 0. The zero-order valence-electron chi connectivity index (χ0n) is 26.8. The average molecular weight is 788 g/mol. The number of benzene rings is 3. The van der Waals surface area contributed by atoms with Gasteiger partial charge in [0, 0.05) is 43.3 Å². The fraction of sp³-hybridized carbons (Fsp3) is 0.256. The van der Waals surface area contributed by atoms with Crippen molar-refractivity contribution < 1.29 is 24.5 Å². The summed E-state index contributed by atoms with van der Waals surface area (Å²) in [5.41, 5.74) is 9.22. The van der Waals surface area contributed by atoms with Gasteiger partial charge in [-0.05, 0) is 47.8 Å². The van der Waals surface area contributed by atoms with Crippen LogP contribution in [0.1, 0.15) is 57.7 Å². The molecule has 0 atom stereocenters. The third-order valence-corrected chi connectivity index (χ3v) is 8.89. The van der Waals surface area contributed by atoms with Crippen LogP contribution in [0, 0.1) is 24.5 Å². The van der Waals surface area contributed by atoms with Crippen molar-refractivity contribution in [2.24, 2.45) is 5.41 Å². The SMILES string of the molecule is Cc1cnc(-c2[c-]ccc3c2oc2c3ccc3sc(C(C)(C)C)nc32)cc1CC(C)(C)C.[Ir].[c-]1ccccc1-c1ccccn1. The Morgan fingerprint density at radius 2 is 1.58 bits per heavy atom. The molecule has 7 aromatic rings. The number of thiazole rings is 1. The number of pyridine rings is 2. The number of furan rings is 1. The molecule has 4 heterocycles. The number of hydrogen-bond donors (Lipinski definition) is 0. The van der Waals surface area contributed by atoms with Crippen molar-refractivity contribution in [1.29, 1.82) is 0 Å². The van der Waals surface area contributed by atoms with E-state index >= 15 is 0 Å². The molecule has 4 nitrogen and oxygen atoms in total. The molecule has 45 heavy (non-hydrogen) atoms. The van der Waals surface area contributed by atoms with Crippen LogP contribution in [0.3, 0.4) is 0 Å². The van der Waals surface area contributed by atoms with Crippen molar-refractivity contribution in [3.05, 3.63) is 113 Å². The Morgan fingerprint density at radius 3 is 2.27 bits per heavy atom. The van der Waals surface area contributed by atoms with Gasteiger partial charge in [-0.3, -0.25) is 0 Å². The van der Waals surface area contributed by atoms with Gasteiger partial charge in [0.1, 0.15) is 11.1 Å². The molecule has 0 spiro atoms. The quantitative estimate of drug-likeness (QED) is 0.167. The maximum atomic E-state index is 6.52. The van der Waals surface area contributed by atoms with E-state index in [1.807, 2.05) is 54.7 Å². The van der Waals surface area contributed by atoms with Crippen LogP contribution in [-0.4, -0.2) is 15.0 Å². The summed E-state index contributed by atoms with van der Waals surface area (Å²) in [5, 5.41) is 3.30. The van der Waals surface area contributed by atoms with Crippen LogP contribution in [0.4, 0.5) is 0 Å². The van der Waals surface area contributed by atoms with E-state index in [-0.39, 0.29) is 30.9 Å². The minimum Gasteiger partial charge on any atom is -0.498 e. The molecule has 231 valence electrons. The Morgan fingerprint density at radius 1 is 0.800 bits per heavy atom. The summed E-state index contributed by atoms with van der Waals surface area (Å²) in [5.74, 6) is 0. The van der Waals surface area contributed by atoms with Crippen molar-refractivity contribution in [1.82, 2.24) is 15.0 Å². The molecule has 7 rings (SSSR count). The summed E-state index contributed by atoms with van der Waals surface area (Å²) in [6.45, 7) is 15.5. The van der Waals surface area contributed by atoms with Crippen LogP contribution in [0.2, 0.25) is 0 Å². The van der Waals surface area contributed by atoms with Crippen molar-refractivity contribution >= 4 is 43.5 Å². The van der Waals surface area contributed by atoms with Gasteiger partial charge in [-0.2, -0.15) is 0 Å². The monoisotopic (exact) mass is 788 g/mol. The molecule has 6 heteroatoms. The predicted molar refractivity (Wildman–Crippen MR) is 184 cm³/mol. The first-order valence-corrected chi connectivity index (χ1v) is 15.8. The summed E-state index contributed by atoms with van der Waals surface area (Å²) in [4.78, 5) is 13.9. The molecule has 0 amide bonds. The van der Waals surface area contributed by atoms with Gasteiger partial charge in [0.05, 0.1) is 15.3 Å². The van der Waals surface area contributed by atoms with Crippen molar-refractivity contribution in [2.45, 2.75) is 60.3 Å². The molecule has 1 radical (unpaired) electrons. The van der Waals surface area contributed by atoms with Crippen LogP contribution >= 0.6 is 11.3 Å². The molecular weight excluding hydrogens is 751 g/mol. The average Bonchev–Trinajstić information content (AvgIpc) is 3.61. The third-order valence-electron chi connectivity index (χ3n) is 7.44. The zero-order chi connectivity index (χ0) is 31.1. The van der Waals surface area contributed by atoms with Gasteiger partial charge >= 0.3 is 0 Å². The van der Waals surface area contributed by atoms with E-state index in [0.717, 1.165) is 66.1 Å². The molecular formula is C39H37IrN3OS-2. The summed E-state index contributed by atoms with van der Waals surface area (Å²) in [6.07, 6.45) is 4.76. The summed E-state index contributed by atoms with van der Waals surface area (Å²) < 4.78 is 7.68. The van der Waals surface area contributed by atoms with E-state index in [1.54, 1.807) is 17.5 Å². The Bertz CT molecular complexity index is 2030. The molecule has 0 aliphatic rings. The van der Waals surface area contributed by atoms with Crippen LogP contribution < -0.4 is 0 Å². The molecule has 0 saturated carbocycles. The fourth-order valence-corrected chi connectivity index (χ4v) is 6.26. The molecule has 4 aromatic heterocycles. The first kappa shape index (κ1) is 32.7. The van der Waals surface area contributed by atoms with E-state index in [1.165, 1.54) is 11.1 Å². The summed E-state index contributed by atoms with van der Waals surface area (Å²) in [7, 11) is 0. The largest absolute Gasteiger partial charge is 0.498 e. The first-order chi connectivity index (χ1) is 21.0. The van der Waals surface area contributed by atoms with Crippen molar-refractivity contribution in [3.8, 4) is 22.5 Å². The zero-order valence-corrected chi connectivity index (χ0v) is 30.0. The topological polar surface area (TPSA) is 51.8 Å². The second-order valence-electron chi connectivity index (χ2n) is 13.5. The molecule has 0 aliphatic heterocycles. The van der Waals surface area contributed by atoms with Crippen LogP contribution in [-0.2, 0) is 31.9 Å². The van der Waals surface area contributed by atoms with Crippen LogP contribution in [0.25, 0.3) is 54.7 Å². The Kier molecular flexibility index (Phi) is 9.41. The normalized spacial score (nSPS) is 11.8. The molecule has 3 aromatic carbocycles. The minimum atomic E-state index is 0. The maximum absolute atomic E-state index is 6.52. The molecule has 0 N–H and O–H groups in total. The van der Waals surface area contributed by atoms with E-state index in [0.29, 0.717) is 0 Å². The van der Waals surface area contributed by atoms with Gasteiger partial charge in [-0.15, -0.1) is 65.4 Å².